The summed E-state index contributed by atoms with van der Waals surface area (Å²) in [4.78, 5) is 25.9. The molecule has 2 amide bonds. The van der Waals surface area contributed by atoms with E-state index < -0.39 is 11.8 Å². The lowest BCUT2D eigenvalue weighted by Gasteiger charge is -2.29. The number of furan rings is 1. The largest absolute Gasteiger partial charge is 0.465 e. The van der Waals surface area contributed by atoms with E-state index in [1.54, 1.807) is 30.3 Å². The number of benzene rings is 1. The Morgan fingerprint density at radius 2 is 1.96 bits per heavy atom. The Morgan fingerprint density at radius 3 is 2.65 bits per heavy atom. The quantitative estimate of drug-likeness (QED) is 0.502. The van der Waals surface area contributed by atoms with Gasteiger partial charge in [-0.2, -0.15) is 0 Å². The maximum absolute atomic E-state index is 12.7. The Bertz CT molecular complexity index is 846. The molecule has 1 N–H and O–H groups in total. The van der Waals surface area contributed by atoms with E-state index in [-0.39, 0.29) is 20.7 Å². The van der Waals surface area contributed by atoms with Crippen molar-refractivity contribution in [3.63, 3.8) is 0 Å². The van der Waals surface area contributed by atoms with Crippen LogP contribution in [0.25, 0.3) is 6.08 Å². The molecule has 2 heterocycles. The third-order valence-electron chi connectivity index (χ3n) is 3.10. The maximum atomic E-state index is 12.7. The molecule has 0 spiro atoms. The molecule has 0 unspecified atom stereocenters. The van der Waals surface area contributed by atoms with E-state index in [2.05, 4.69) is 5.32 Å². The lowest BCUT2D eigenvalue weighted by Crippen LogP contribution is -2.54. The zero-order valence-electron chi connectivity index (χ0n) is 11.4. The Hall–Kier alpha value is -2.15. The van der Waals surface area contributed by atoms with Gasteiger partial charge in [0.2, 0.25) is 0 Å². The first-order chi connectivity index (χ1) is 11.0. The SMILES string of the molecule is O=C1NC(=S)N(c2cccc(Cl)c2Cl)C(=O)C1=Cc1ccco1. The standard InChI is InChI=1S/C15H8Cl2N2O3S/c16-10-4-1-5-11(12(10)17)19-14(21)9(13(20)18-15(19)23)7-8-3-2-6-22-8/h1-7H,(H,18,20,23). The van der Waals surface area contributed by atoms with Crippen LogP contribution in [0.15, 0.2) is 46.6 Å². The third kappa shape index (κ3) is 2.88. The van der Waals surface area contributed by atoms with E-state index in [4.69, 9.17) is 39.8 Å². The molecule has 8 heteroatoms. The minimum absolute atomic E-state index is 0.0687. The van der Waals surface area contributed by atoms with Crippen LogP contribution in [0.4, 0.5) is 5.69 Å². The monoisotopic (exact) mass is 366 g/mol. The van der Waals surface area contributed by atoms with Crippen LogP contribution in [0.2, 0.25) is 10.0 Å². The Kier molecular flexibility index (Phi) is 4.21. The smallest absolute Gasteiger partial charge is 0.270 e. The molecule has 0 aliphatic carbocycles. The summed E-state index contributed by atoms with van der Waals surface area (Å²) >= 11 is 17.2. The summed E-state index contributed by atoms with van der Waals surface area (Å²) in [6.45, 7) is 0. The number of nitrogens with zero attached hydrogens (tertiary/aromatic N) is 1. The van der Waals surface area contributed by atoms with Gasteiger partial charge in [-0.15, -0.1) is 0 Å². The van der Waals surface area contributed by atoms with Crippen LogP contribution < -0.4 is 10.2 Å². The van der Waals surface area contributed by atoms with Crippen LogP contribution in [-0.4, -0.2) is 16.9 Å². The van der Waals surface area contributed by atoms with Crippen LogP contribution in [0, 0.1) is 0 Å². The predicted molar refractivity (Wildman–Crippen MR) is 91.4 cm³/mol. The molecule has 1 aliphatic heterocycles. The van der Waals surface area contributed by atoms with Gasteiger partial charge >= 0.3 is 0 Å². The fourth-order valence-corrected chi connectivity index (χ4v) is 2.71. The number of nitrogens with one attached hydrogen (secondary N) is 1. The summed E-state index contributed by atoms with van der Waals surface area (Å²) in [6, 6.07) is 8.07. The van der Waals surface area contributed by atoms with Gasteiger partial charge in [0.25, 0.3) is 11.8 Å². The highest BCUT2D eigenvalue weighted by Crippen LogP contribution is 2.34. The van der Waals surface area contributed by atoms with Gasteiger partial charge in [-0.3, -0.25) is 19.8 Å². The number of carbonyl (C=O) groups is 2. The molecule has 23 heavy (non-hydrogen) atoms. The van der Waals surface area contributed by atoms with Crippen molar-refractivity contribution < 1.29 is 14.0 Å². The zero-order chi connectivity index (χ0) is 16.6. The van der Waals surface area contributed by atoms with Crippen LogP contribution in [0.5, 0.6) is 0 Å². The highest BCUT2D eigenvalue weighted by molar-refractivity contribution is 7.80. The molecular weight excluding hydrogens is 359 g/mol. The number of rotatable bonds is 2. The van der Waals surface area contributed by atoms with E-state index in [1.165, 1.54) is 12.3 Å². The Balaban J connectivity index is 2.07. The molecule has 0 saturated carbocycles. The molecule has 5 nitrogen and oxygen atoms in total. The number of hydrogen-bond acceptors (Lipinski definition) is 4. The van der Waals surface area contributed by atoms with Crippen LogP contribution in [0.1, 0.15) is 5.76 Å². The molecule has 0 radical (unpaired) electrons. The normalized spacial score (nSPS) is 16.9. The third-order valence-corrected chi connectivity index (χ3v) is 4.20. The van der Waals surface area contributed by atoms with E-state index >= 15 is 0 Å². The van der Waals surface area contributed by atoms with Gasteiger partial charge in [-0.25, -0.2) is 0 Å². The summed E-state index contributed by atoms with van der Waals surface area (Å²) < 4.78 is 5.14. The van der Waals surface area contributed by atoms with Crippen molar-refractivity contribution in [1.82, 2.24) is 5.32 Å². The van der Waals surface area contributed by atoms with Crippen LogP contribution >= 0.6 is 35.4 Å². The predicted octanol–water partition coefficient (Wildman–Crippen LogP) is 3.42. The molecule has 0 bridgehead atoms. The van der Waals surface area contributed by atoms with Gasteiger partial charge in [0.1, 0.15) is 11.3 Å². The molecular formula is C15H8Cl2N2O3S. The summed E-state index contributed by atoms with van der Waals surface area (Å²) in [7, 11) is 0. The van der Waals surface area contributed by atoms with E-state index in [0.717, 1.165) is 4.90 Å². The number of amides is 2. The Morgan fingerprint density at radius 1 is 1.17 bits per heavy atom. The summed E-state index contributed by atoms with van der Waals surface area (Å²) in [6.07, 6.45) is 2.78. The molecule has 1 aromatic heterocycles. The molecule has 1 saturated heterocycles. The molecule has 2 aromatic rings. The maximum Gasteiger partial charge on any atom is 0.270 e. The van der Waals surface area contributed by atoms with Gasteiger partial charge in [0.15, 0.2) is 5.11 Å². The second-order valence-corrected chi connectivity index (χ2v) is 5.72. The van der Waals surface area contributed by atoms with Crippen LogP contribution in [0.3, 0.4) is 0 Å². The average Bonchev–Trinajstić information content (AvgIpc) is 3.01. The first kappa shape index (κ1) is 15.7. The second kappa shape index (κ2) is 6.16. The molecule has 1 aliphatic rings. The number of carbonyl (C=O) groups excluding carboxylic acids is 2. The number of thiocarbonyl (C=S) groups is 1. The summed E-state index contributed by atoms with van der Waals surface area (Å²) in [5, 5.41) is 2.82. The Labute approximate surface area is 146 Å². The lowest BCUT2D eigenvalue weighted by atomic mass is 10.1. The molecule has 3 rings (SSSR count). The number of anilines is 1. The van der Waals surface area contributed by atoms with Crippen LogP contribution in [-0.2, 0) is 9.59 Å². The highest BCUT2D eigenvalue weighted by Gasteiger charge is 2.35. The van der Waals surface area contributed by atoms with Crippen molar-refractivity contribution in [2.24, 2.45) is 0 Å². The lowest BCUT2D eigenvalue weighted by molar-refractivity contribution is -0.122. The zero-order valence-corrected chi connectivity index (χ0v) is 13.7. The first-order valence-corrected chi connectivity index (χ1v) is 7.54. The minimum atomic E-state index is -0.612. The van der Waals surface area contributed by atoms with E-state index in [9.17, 15) is 9.59 Å². The fourth-order valence-electron chi connectivity index (χ4n) is 2.06. The highest BCUT2D eigenvalue weighted by atomic mass is 35.5. The van der Waals surface area contributed by atoms with Gasteiger partial charge in [-0.05, 0) is 42.6 Å². The minimum Gasteiger partial charge on any atom is -0.465 e. The summed E-state index contributed by atoms with van der Waals surface area (Å²) in [5.74, 6) is -0.849. The number of hydrogen-bond donors (Lipinski definition) is 1. The van der Waals surface area contributed by atoms with E-state index in [0.29, 0.717) is 11.4 Å². The first-order valence-electron chi connectivity index (χ1n) is 6.38. The second-order valence-electron chi connectivity index (χ2n) is 4.55. The van der Waals surface area contributed by atoms with Crippen molar-refractivity contribution in [1.29, 1.82) is 0 Å². The number of halogens is 2. The van der Waals surface area contributed by atoms with Gasteiger partial charge in [-0.1, -0.05) is 29.3 Å². The average molecular weight is 367 g/mol. The van der Waals surface area contributed by atoms with Crippen molar-refractivity contribution in [3.8, 4) is 0 Å². The molecule has 1 aromatic carbocycles. The van der Waals surface area contributed by atoms with Crippen molar-refractivity contribution in [2.75, 3.05) is 4.90 Å². The topological polar surface area (TPSA) is 62.6 Å². The fraction of sp³-hybridized carbons (Fsp3) is 0. The summed E-state index contributed by atoms with van der Waals surface area (Å²) in [5.41, 5.74) is 0.170. The molecule has 116 valence electrons. The van der Waals surface area contributed by atoms with Gasteiger partial charge < -0.3 is 4.42 Å². The van der Waals surface area contributed by atoms with Crippen molar-refractivity contribution in [2.45, 2.75) is 0 Å². The molecule has 0 atom stereocenters. The van der Waals surface area contributed by atoms with Gasteiger partial charge in [0.05, 0.1) is 22.0 Å². The van der Waals surface area contributed by atoms with Crippen molar-refractivity contribution in [3.05, 3.63) is 58.0 Å². The molecule has 1 fully saturated rings. The van der Waals surface area contributed by atoms with Crippen molar-refractivity contribution >= 4 is 64.1 Å². The van der Waals surface area contributed by atoms with Gasteiger partial charge in [0, 0.05) is 0 Å². The van der Waals surface area contributed by atoms with E-state index in [1.807, 2.05) is 0 Å².